The van der Waals surface area contributed by atoms with Crippen LogP contribution >= 0.6 is 0 Å². The Morgan fingerprint density at radius 3 is 2.41 bits per heavy atom. The predicted molar refractivity (Wildman–Crippen MR) is 139 cm³/mol. The highest BCUT2D eigenvalue weighted by molar-refractivity contribution is 6.00. The zero-order valence-electron chi connectivity index (χ0n) is 21.2. The second-order valence-corrected chi connectivity index (χ2v) is 10.2. The van der Waals surface area contributed by atoms with Crippen LogP contribution in [0.5, 0.6) is 0 Å². The molecule has 3 aliphatic rings. The van der Waals surface area contributed by atoms with Crippen molar-refractivity contribution in [3.8, 4) is 0 Å². The normalized spacial score (nSPS) is 20.8. The van der Waals surface area contributed by atoms with E-state index in [0.29, 0.717) is 18.6 Å². The minimum atomic E-state index is -0.949. The van der Waals surface area contributed by atoms with E-state index in [-0.39, 0.29) is 30.2 Å². The number of nitrogens with one attached hydrogen (secondary N) is 1. The summed E-state index contributed by atoms with van der Waals surface area (Å²) in [5.41, 5.74) is 1.58. The van der Waals surface area contributed by atoms with Crippen molar-refractivity contribution in [3.63, 3.8) is 0 Å². The van der Waals surface area contributed by atoms with Crippen molar-refractivity contribution in [3.05, 3.63) is 56.9 Å². The zero-order valence-corrected chi connectivity index (χ0v) is 21.2. The third-order valence-corrected chi connectivity index (χ3v) is 7.99. The molecule has 0 spiro atoms. The van der Waals surface area contributed by atoms with Crippen LogP contribution in [0.4, 0.5) is 21.6 Å². The third-order valence-electron chi connectivity index (χ3n) is 7.99. The van der Waals surface area contributed by atoms with Crippen molar-refractivity contribution in [2.75, 3.05) is 49.1 Å². The lowest BCUT2D eigenvalue weighted by Gasteiger charge is -2.49. The van der Waals surface area contributed by atoms with Crippen molar-refractivity contribution < 1.29 is 18.9 Å². The van der Waals surface area contributed by atoms with Crippen LogP contribution in [0.15, 0.2) is 35.3 Å². The van der Waals surface area contributed by atoms with E-state index in [1.165, 1.54) is 27.5 Å². The number of carbonyl (C=O) groups is 2. The minimum absolute atomic E-state index is 0.0725. The highest BCUT2D eigenvalue weighted by Crippen LogP contribution is 2.34. The molecule has 5 heterocycles. The number of imidazole rings is 1. The molecular formula is C25H27FN8O5. The lowest BCUT2D eigenvalue weighted by atomic mass is 10.0. The fourth-order valence-corrected chi connectivity index (χ4v) is 5.83. The average molecular weight is 539 g/mol. The zero-order chi connectivity index (χ0) is 27.4. The molecule has 1 aromatic carbocycles. The molecule has 2 amide bonds. The summed E-state index contributed by atoms with van der Waals surface area (Å²) in [7, 11) is 1.57. The molecule has 1 atom stereocenters. The summed E-state index contributed by atoms with van der Waals surface area (Å²) in [5.74, 6) is -1.77. The van der Waals surface area contributed by atoms with E-state index in [1.807, 2.05) is 0 Å². The van der Waals surface area contributed by atoms with Gasteiger partial charge in [0, 0.05) is 64.8 Å². The maximum atomic E-state index is 15.1. The van der Waals surface area contributed by atoms with E-state index in [1.54, 1.807) is 19.2 Å². The molecule has 14 heteroatoms. The summed E-state index contributed by atoms with van der Waals surface area (Å²) in [4.78, 5) is 58.2. The maximum Gasteiger partial charge on any atom is 0.363 e. The first-order valence-electron chi connectivity index (χ1n) is 12.8. The van der Waals surface area contributed by atoms with Gasteiger partial charge in [0.1, 0.15) is 17.4 Å². The van der Waals surface area contributed by atoms with Crippen molar-refractivity contribution in [2.24, 2.45) is 7.05 Å². The number of benzene rings is 1. The molecule has 204 valence electrons. The smallest absolute Gasteiger partial charge is 0.363 e. The molecule has 13 nitrogen and oxygen atoms in total. The van der Waals surface area contributed by atoms with Gasteiger partial charge in [-0.05, 0) is 34.5 Å². The number of halogens is 1. The second kappa shape index (κ2) is 9.45. The number of amides is 2. The van der Waals surface area contributed by atoms with Crippen LogP contribution in [0.2, 0.25) is 0 Å². The van der Waals surface area contributed by atoms with Crippen LogP contribution in [0, 0.1) is 15.9 Å². The summed E-state index contributed by atoms with van der Waals surface area (Å²) < 4.78 is 17.7. The number of piperidine rings is 1. The van der Waals surface area contributed by atoms with Crippen LogP contribution in [0.25, 0.3) is 11.0 Å². The van der Waals surface area contributed by atoms with Crippen molar-refractivity contribution in [2.45, 2.75) is 24.9 Å². The number of aryl methyl sites for hydroxylation is 1. The van der Waals surface area contributed by atoms with Gasteiger partial charge in [0.15, 0.2) is 6.20 Å². The standard InChI is InChI=1S/C25H27FN8O5/c1-29-23-18(4-3-17(26)22(23)33(25(29)37)19-5-7-21(35)28-24(19)36)32-13-16(14-32)31-10-8-30(9-11-31)15-2-6-20(27-12-15)34(38)39/h2-4,6,12,16,19H,5,7-11,13-14H2,1H3,(H,28,35,36). The second-order valence-electron chi connectivity index (χ2n) is 10.2. The lowest BCUT2D eigenvalue weighted by Crippen LogP contribution is -2.63. The van der Waals surface area contributed by atoms with Crippen LogP contribution in [0.3, 0.4) is 0 Å². The number of carbonyl (C=O) groups excluding carboxylic acids is 2. The Balaban J connectivity index is 1.16. The van der Waals surface area contributed by atoms with Gasteiger partial charge >= 0.3 is 11.5 Å². The van der Waals surface area contributed by atoms with Gasteiger partial charge in [-0.25, -0.2) is 9.18 Å². The first-order chi connectivity index (χ1) is 18.7. The molecule has 0 bridgehead atoms. The third kappa shape index (κ3) is 4.20. The molecule has 0 radical (unpaired) electrons. The van der Waals surface area contributed by atoms with Gasteiger partial charge in [-0.2, -0.15) is 0 Å². The summed E-state index contributed by atoms with van der Waals surface area (Å²) in [6.45, 7) is 4.58. The fourth-order valence-electron chi connectivity index (χ4n) is 5.83. The predicted octanol–water partition coefficient (Wildman–Crippen LogP) is 0.771. The minimum Gasteiger partial charge on any atom is -0.366 e. The van der Waals surface area contributed by atoms with E-state index in [9.17, 15) is 24.5 Å². The molecule has 3 aliphatic heterocycles. The van der Waals surface area contributed by atoms with Crippen LogP contribution < -0.4 is 20.8 Å². The van der Waals surface area contributed by atoms with Gasteiger partial charge in [0.25, 0.3) is 0 Å². The highest BCUT2D eigenvalue weighted by Gasteiger charge is 2.37. The van der Waals surface area contributed by atoms with Gasteiger partial charge in [-0.3, -0.25) is 28.9 Å². The van der Waals surface area contributed by atoms with Crippen LogP contribution in [-0.2, 0) is 16.6 Å². The Labute approximate surface area is 221 Å². The van der Waals surface area contributed by atoms with E-state index in [2.05, 4.69) is 25.0 Å². The summed E-state index contributed by atoms with van der Waals surface area (Å²) in [6, 6.07) is 5.46. The van der Waals surface area contributed by atoms with E-state index in [4.69, 9.17) is 0 Å². The number of aromatic nitrogens is 3. The number of nitrogens with zero attached hydrogens (tertiary/aromatic N) is 7. The fraction of sp³-hybridized carbons (Fsp3) is 0.440. The number of imide groups is 1. The van der Waals surface area contributed by atoms with E-state index in [0.717, 1.165) is 37.6 Å². The molecule has 3 fully saturated rings. The Kier molecular flexibility index (Phi) is 6.05. The summed E-state index contributed by atoms with van der Waals surface area (Å²) in [6.07, 6.45) is 1.76. The number of anilines is 2. The quantitative estimate of drug-likeness (QED) is 0.284. The van der Waals surface area contributed by atoms with Gasteiger partial charge in [0.2, 0.25) is 11.8 Å². The number of piperazine rings is 1. The first kappa shape index (κ1) is 25.0. The average Bonchev–Trinajstić information content (AvgIpc) is 3.16. The monoisotopic (exact) mass is 538 g/mol. The molecule has 0 saturated carbocycles. The summed E-state index contributed by atoms with van der Waals surface area (Å²) in [5, 5.41) is 13.1. The molecule has 3 saturated heterocycles. The van der Waals surface area contributed by atoms with Gasteiger partial charge in [-0.15, -0.1) is 0 Å². The number of nitro groups is 1. The molecule has 39 heavy (non-hydrogen) atoms. The molecule has 1 unspecified atom stereocenters. The molecule has 2 aromatic heterocycles. The Morgan fingerprint density at radius 2 is 1.77 bits per heavy atom. The Morgan fingerprint density at radius 1 is 1.03 bits per heavy atom. The van der Waals surface area contributed by atoms with Crippen molar-refractivity contribution in [1.82, 2.24) is 24.3 Å². The molecule has 6 rings (SSSR count). The Hall–Kier alpha value is -4.33. The molecule has 1 N–H and O–H groups in total. The largest absolute Gasteiger partial charge is 0.366 e. The lowest BCUT2D eigenvalue weighted by molar-refractivity contribution is -0.389. The number of rotatable bonds is 5. The van der Waals surface area contributed by atoms with Crippen LogP contribution in [0.1, 0.15) is 18.9 Å². The van der Waals surface area contributed by atoms with E-state index < -0.39 is 34.3 Å². The van der Waals surface area contributed by atoms with E-state index >= 15 is 4.39 Å². The van der Waals surface area contributed by atoms with Gasteiger partial charge in [0.05, 0.1) is 16.9 Å². The van der Waals surface area contributed by atoms with Crippen LogP contribution in [-0.4, -0.2) is 81.1 Å². The SMILES string of the molecule is Cn1c(=O)n(C2CCC(=O)NC2=O)c2c(F)ccc(N3CC(N4CCN(c5ccc([N+](=O)[O-])nc5)CC4)C3)c21. The van der Waals surface area contributed by atoms with Crippen molar-refractivity contribution in [1.29, 1.82) is 0 Å². The number of pyridine rings is 1. The van der Waals surface area contributed by atoms with Gasteiger partial charge < -0.3 is 19.9 Å². The summed E-state index contributed by atoms with van der Waals surface area (Å²) >= 11 is 0. The highest BCUT2D eigenvalue weighted by atomic mass is 19.1. The number of hydrogen-bond acceptors (Lipinski definition) is 9. The number of fused-ring (bicyclic) bond motifs is 1. The van der Waals surface area contributed by atoms with Crippen molar-refractivity contribution >= 4 is 40.0 Å². The van der Waals surface area contributed by atoms with Gasteiger partial charge in [-0.1, -0.05) is 0 Å². The molecule has 3 aromatic rings. The maximum absolute atomic E-state index is 15.1. The Bertz CT molecular complexity index is 1540. The molecular weight excluding hydrogens is 511 g/mol. The topological polar surface area (TPSA) is 139 Å². The first-order valence-corrected chi connectivity index (χ1v) is 12.8. The number of hydrogen-bond donors (Lipinski definition) is 1. The molecule has 0 aliphatic carbocycles.